The van der Waals surface area contributed by atoms with Gasteiger partial charge in [-0.1, -0.05) is 55.8 Å². The van der Waals surface area contributed by atoms with Crippen molar-refractivity contribution in [1.82, 2.24) is 19.6 Å². The third-order valence-electron chi connectivity index (χ3n) is 5.49. The molecule has 4 aromatic rings. The van der Waals surface area contributed by atoms with Crippen LogP contribution in [0.1, 0.15) is 48.0 Å². The summed E-state index contributed by atoms with van der Waals surface area (Å²) < 4.78 is 25.1. The fourth-order valence-electron chi connectivity index (χ4n) is 3.83. The highest BCUT2D eigenvalue weighted by atomic mass is 35.7. The number of hydrogen-bond acceptors (Lipinski definition) is 6. The Kier molecular flexibility index (Phi) is 6.45. The number of nitrogens with zero attached hydrogens (tertiary/aromatic N) is 5. The highest BCUT2D eigenvalue weighted by Crippen LogP contribution is 2.26. The maximum absolute atomic E-state index is 11.8. The minimum absolute atomic E-state index is 0.425. The Labute approximate surface area is 197 Å². The van der Waals surface area contributed by atoms with Crippen molar-refractivity contribution in [3.63, 3.8) is 0 Å². The zero-order valence-corrected chi connectivity index (χ0v) is 19.9. The van der Waals surface area contributed by atoms with Gasteiger partial charge in [0.05, 0.1) is 11.6 Å². The van der Waals surface area contributed by atoms with Crippen molar-refractivity contribution in [2.45, 2.75) is 44.7 Å². The van der Waals surface area contributed by atoms with Crippen LogP contribution in [-0.4, -0.2) is 28.0 Å². The number of hydrogen-bond donors (Lipinski definition) is 0. The van der Waals surface area contributed by atoms with Crippen LogP contribution in [-0.2, 0) is 21.9 Å². The maximum Gasteiger partial charge on any atom is 0.298 e. The predicted octanol–water partition coefficient (Wildman–Crippen LogP) is 4.83. The zero-order valence-electron chi connectivity index (χ0n) is 18.3. The van der Waals surface area contributed by atoms with Gasteiger partial charge >= 0.3 is 0 Å². The van der Waals surface area contributed by atoms with Crippen molar-refractivity contribution in [1.29, 1.82) is 5.26 Å². The molecule has 2 aromatic heterocycles. The van der Waals surface area contributed by atoms with E-state index in [1.54, 1.807) is 13.0 Å². The quantitative estimate of drug-likeness (QED) is 0.352. The Balaban J connectivity index is 1.77. The van der Waals surface area contributed by atoms with E-state index in [1.807, 2.05) is 42.5 Å². The molecule has 0 bridgehead atoms. The topological polar surface area (TPSA) is 101 Å². The van der Waals surface area contributed by atoms with E-state index >= 15 is 0 Å². The molecule has 4 rings (SSSR count). The molecule has 0 atom stereocenters. The Morgan fingerprint density at radius 3 is 2.48 bits per heavy atom. The highest BCUT2D eigenvalue weighted by molar-refractivity contribution is 8.13. The van der Waals surface area contributed by atoms with Crippen molar-refractivity contribution < 1.29 is 8.42 Å². The molecule has 7 nitrogen and oxygen atoms in total. The molecule has 0 N–H and O–H groups in total. The number of nitriles is 1. The van der Waals surface area contributed by atoms with Crippen LogP contribution < -0.4 is 0 Å². The van der Waals surface area contributed by atoms with Crippen molar-refractivity contribution in [2.75, 3.05) is 0 Å². The summed E-state index contributed by atoms with van der Waals surface area (Å²) in [6, 6.07) is 17.7. The molecule has 0 radical (unpaired) electrons. The molecule has 0 saturated heterocycles. The van der Waals surface area contributed by atoms with E-state index in [4.69, 9.17) is 15.7 Å². The molecule has 2 heterocycles. The Morgan fingerprint density at radius 2 is 1.82 bits per heavy atom. The molecule has 0 amide bonds. The van der Waals surface area contributed by atoms with Crippen LogP contribution in [0.4, 0.5) is 0 Å². The van der Waals surface area contributed by atoms with Gasteiger partial charge in [0.1, 0.15) is 5.82 Å². The summed E-state index contributed by atoms with van der Waals surface area (Å²) >= 11 is 0. The van der Waals surface area contributed by atoms with Crippen LogP contribution in [0.25, 0.3) is 16.8 Å². The van der Waals surface area contributed by atoms with E-state index < -0.39 is 14.2 Å². The Morgan fingerprint density at radius 1 is 1.09 bits per heavy atom. The van der Waals surface area contributed by atoms with Gasteiger partial charge in [0, 0.05) is 28.4 Å². The minimum atomic E-state index is -4.07. The first-order valence-corrected chi connectivity index (χ1v) is 12.9. The molecule has 0 spiro atoms. The SMILES string of the molecule is CCCCc1nc(C)n2nc(S(=O)(=O)Cl)nc2c1Cc1ccc(-c2ccccc2C#N)cc1. The average Bonchev–Trinajstić information content (AvgIpc) is 3.27. The van der Waals surface area contributed by atoms with Crippen LogP contribution in [0.3, 0.4) is 0 Å². The molecule has 0 aliphatic rings. The minimum Gasteiger partial charge on any atom is -0.238 e. The summed E-state index contributed by atoms with van der Waals surface area (Å²) in [6.45, 7) is 3.88. The largest absolute Gasteiger partial charge is 0.298 e. The van der Waals surface area contributed by atoms with E-state index in [-0.39, 0.29) is 0 Å². The normalized spacial score (nSPS) is 11.6. The zero-order chi connectivity index (χ0) is 23.6. The summed E-state index contributed by atoms with van der Waals surface area (Å²) in [5.74, 6) is 0.558. The smallest absolute Gasteiger partial charge is 0.238 e. The molecule has 0 aliphatic carbocycles. The Bertz CT molecular complexity index is 1470. The van der Waals surface area contributed by atoms with E-state index in [0.717, 1.165) is 47.2 Å². The first kappa shape index (κ1) is 22.9. The molecule has 2 aromatic carbocycles. The van der Waals surface area contributed by atoms with Crippen LogP contribution in [0, 0.1) is 18.3 Å². The highest BCUT2D eigenvalue weighted by Gasteiger charge is 2.22. The lowest BCUT2D eigenvalue weighted by atomic mass is 9.96. The monoisotopic (exact) mass is 479 g/mol. The van der Waals surface area contributed by atoms with Gasteiger partial charge in [-0.15, -0.1) is 5.10 Å². The van der Waals surface area contributed by atoms with Crippen LogP contribution in [0.5, 0.6) is 0 Å². The summed E-state index contributed by atoms with van der Waals surface area (Å²) in [6.07, 6.45) is 3.23. The fourth-order valence-corrected chi connectivity index (χ4v) is 4.40. The average molecular weight is 480 g/mol. The summed E-state index contributed by atoms with van der Waals surface area (Å²) in [7, 11) is 1.44. The number of unbranched alkanes of at least 4 members (excludes halogenated alkanes) is 1. The van der Waals surface area contributed by atoms with Crippen molar-refractivity contribution >= 4 is 25.4 Å². The van der Waals surface area contributed by atoms with Gasteiger partial charge in [0.2, 0.25) is 0 Å². The van der Waals surface area contributed by atoms with Gasteiger partial charge in [-0.05, 0) is 42.5 Å². The van der Waals surface area contributed by atoms with Gasteiger partial charge in [-0.2, -0.15) is 14.8 Å². The summed E-state index contributed by atoms with van der Waals surface area (Å²) in [5, 5.41) is 13.0. The fraction of sp³-hybridized carbons (Fsp3) is 0.250. The molecule has 0 aliphatic heterocycles. The van der Waals surface area contributed by atoms with Crippen LogP contribution in [0.15, 0.2) is 53.7 Å². The van der Waals surface area contributed by atoms with Gasteiger partial charge < -0.3 is 0 Å². The van der Waals surface area contributed by atoms with E-state index in [9.17, 15) is 13.7 Å². The number of fused-ring (bicyclic) bond motifs is 1. The van der Waals surface area contributed by atoms with Gasteiger partial charge in [0.25, 0.3) is 14.2 Å². The lowest BCUT2D eigenvalue weighted by Crippen LogP contribution is -2.08. The molecular weight excluding hydrogens is 458 g/mol. The van der Waals surface area contributed by atoms with Crippen molar-refractivity contribution in [3.05, 3.63) is 76.7 Å². The van der Waals surface area contributed by atoms with Crippen LogP contribution >= 0.6 is 10.7 Å². The molecule has 168 valence electrons. The second-order valence-electron chi connectivity index (χ2n) is 7.79. The second kappa shape index (κ2) is 9.30. The van der Waals surface area contributed by atoms with E-state index in [1.165, 1.54) is 4.52 Å². The summed E-state index contributed by atoms with van der Waals surface area (Å²) in [5.41, 5.74) is 5.62. The van der Waals surface area contributed by atoms with Crippen molar-refractivity contribution in [2.24, 2.45) is 0 Å². The number of aryl methyl sites for hydroxylation is 2. The molecule has 0 saturated carbocycles. The lowest BCUT2D eigenvalue weighted by Gasteiger charge is -2.12. The Hall–Kier alpha value is -3.28. The number of rotatable bonds is 7. The van der Waals surface area contributed by atoms with Crippen LogP contribution in [0.2, 0.25) is 0 Å². The third-order valence-corrected chi connectivity index (χ3v) is 6.51. The first-order chi connectivity index (χ1) is 15.8. The summed E-state index contributed by atoms with van der Waals surface area (Å²) in [4.78, 5) is 8.96. The number of benzene rings is 2. The van der Waals surface area contributed by atoms with Gasteiger partial charge in [-0.3, -0.25) is 0 Å². The molecular formula is C24H22ClN5O2S. The first-order valence-electron chi connectivity index (χ1n) is 10.6. The second-order valence-corrected chi connectivity index (χ2v) is 10.2. The predicted molar refractivity (Wildman–Crippen MR) is 127 cm³/mol. The lowest BCUT2D eigenvalue weighted by molar-refractivity contribution is 0.600. The van der Waals surface area contributed by atoms with E-state index in [2.05, 4.69) is 23.1 Å². The van der Waals surface area contributed by atoms with Gasteiger partial charge in [0.15, 0.2) is 5.65 Å². The third kappa shape index (κ3) is 4.75. The number of halogens is 1. The van der Waals surface area contributed by atoms with Gasteiger partial charge in [-0.25, -0.2) is 13.4 Å². The van der Waals surface area contributed by atoms with Crippen molar-refractivity contribution in [3.8, 4) is 17.2 Å². The molecule has 0 unspecified atom stereocenters. The molecule has 33 heavy (non-hydrogen) atoms. The standard InChI is InChI=1S/C24H22ClN5O2S/c1-3-4-9-22-21(23-28-24(33(25,31)32)29-30(23)16(2)27-22)14-17-10-12-18(13-11-17)20-8-6-5-7-19(20)15-26/h5-8,10-13H,3-4,9,14H2,1-2H3. The maximum atomic E-state index is 11.8. The number of aromatic nitrogens is 4. The molecule has 0 fully saturated rings. The van der Waals surface area contributed by atoms with E-state index in [0.29, 0.717) is 23.5 Å². The molecule has 9 heteroatoms.